The van der Waals surface area contributed by atoms with Crippen LogP contribution in [0.15, 0.2) is 12.4 Å². The Bertz CT molecular complexity index is 348. The summed E-state index contributed by atoms with van der Waals surface area (Å²) in [6.07, 6.45) is 6.67. The molecule has 4 nitrogen and oxygen atoms in total. The van der Waals surface area contributed by atoms with E-state index in [1.807, 2.05) is 0 Å². The topological polar surface area (TPSA) is 58.0 Å². The van der Waals surface area contributed by atoms with Crippen LogP contribution in [0.4, 0.5) is 5.82 Å². The summed E-state index contributed by atoms with van der Waals surface area (Å²) in [5, 5.41) is 12.8. The number of anilines is 1. The van der Waals surface area contributed by atoms with E-state index in [9.17, 15) is 5.11 Å². The van der Waals surface area contributed by atoms with Crippen LogP contribution in [-0.4, -0.2) is 28.2 Å². The van der Waals surface area contributed by atoms with Gasteiger partial charge in [-0.3, -0.25) is 0 Å². The molecule has 1 fully saturated rings. The molecule has 2 atom stereocenters. The second-order valence-corrected chi connectivity index (χ2v) is 4.57. The SMILES string of the molecule is OCC1CCCC1CNc1nccnc1Cl. The Morgan fingerprint density at radius 3 is 2.81 bits per heavy atom. The number of aromatic nitrogens is 2. The van der Waals surface area contributed by atoms with Crippen LogP contribution in [0.2, 0.25) is 5.15 Å². The van der Waals surface area contributed by atoms with Crippen molar-refractivity contribution in [2.45, 2.75) is 19.3 Å². The zero-order chi connectivity index (χ0) is 11.4. The second kappa shape index (κ2) is 5.46. The molecule has 0 amide bonds. The summed E-state index contributed by atoms with van der Waals surface area (Å²) in [6, 6.07) is 0. The van der Waals surface area contributed by atoms with E-state index in [0.29, 0.717) is 22.8 Å². The molecule has 2 unspecified atom stereocenters. The maximum Gasteiger partial charge on any atom is 0.171 e. The largest absolute Gasteiger partial charge is 0.396 e. The third-order valence-corrected chi connectivity index (χ3v) is 3.51. The highest BCUT2D eigenvalue weighted by Crippen LogP contribution is 2.31. The fraction of sp³-hybridized carbons (Fsp3) is 0.636. The van der Waals surface area contributed by atoms with Gasteiger partial charge in [0.15, 0.2) is 11.0 Å². The van der Waals surface area contributed by atoms with Crippen LogP contribution >= 0.6 is 11.6 Å². The molecule has 0 spiro atoms. The van der Waals surface area contributed by atoms with Crippen LogP contribution in [0.3, 0.4) is 0 Å². The van der Waals surface area contributed by atoms with Gasteiger partial charge in [-0.05, 0) is 24.7 Å². The minimum Gasteiger partial charge on any atom is -0.396 e. The Labute approximate surface area is 100 Å². The van der Waals surface area contributed by atoms with Gasteiger partial charge in [-0.1, -0.05) is 18.0 Å². The molecule has 0 aliphatic heterocycles. The van der Waals surface area contributed by atoms with Gasteiger partial charge in [0.2, 0.25) is 0 Å². The van der Waals surface area contributed by atoms with Gasteiger partial charge in [0.05, 0.1) is 0 Å². The van der Waals surface area contributed by atoms with Gasteiger partial charge in [-0.25, -0.2) is 9.97 Å². The fourth-order valence-electron chi connectivity index (χ4n) is 2.29. The maximum absolute atomic E-state index is 9.21. The minimum absolute atomic E-state index is 0.278. The molecule has 1 aromatic rings. The molecule has 1 heterocycles. The molecular weight excluding hydrogens is 226 g/mol. The Hall–Kier alpha value is -0.870. The van der Waals surface area contributed by atoms with Crippen molar-refractivity contribution in [2.75, 3.05) is 18.5 Å². The van der Waals surface area contributed by atoms with Crippen molar-refractivity contribution in [1.82, 2.24) is 9.97 Å². The number of rotatable bonds is 4. The van der Waals surface area contributed by atoms with E-state index in [2.05, 4.69) is 15.3 Å². The first-order valence-electron chi connectivity index (χ1n) is 5.62. The van der Waals surface area contributed by atoms with Crippen molar-refractivity contribution in [2.24, 2.45) is 11.8 Å². The lowest BCUT2D eigenvalue weighted by Crippen LogP contribution is -2.21. The maximum atomic E-state index is 9.21. The number of nitrogens with zero attached hydrogens (tertiary/aromatic N) is 2. The standard InChI is InChI=1S/C11H16ClN3O/c12-10-11(14-5-4-13-10)15-6-8-2-1-3-9(8)7-16/h4-5,8-9,16H,1-3,6-7H2,(H,14,15). The third-order valence-electron chi connectivity index (χ3n) is 3.24. The molecule has 0 saturated heterocycles. The molecule has 1 aromatic heterocycles. The molecule has 0 aromatic carbocycles. The number of hydrogen-bond acceptors (Lipinski definition) is 4. The molecule has 16 heavy (non-hydrogen) atoms. The van der Waals surface area contributed by atoms with Crippen LogP contribution in [0.1, 0.15) is 19.3 Å². The average molecular weight is 242 g/mol. The highest BCUT2D eigenvalue weighted by molar-refractivity contribution is 6.31. The summed E-state index contributed by atoms with van der Waals surface area (Å²) in [7, 11) is 0. The summed E-state index contributed by atoms with van der Waals surface area (Å²) < 4.78 is 0. The Kier molecular flexibility index (Phi) is 3.96. The van der Waals surface area contributed by atoms with E-state index in [1.165, 1.54) is 6.42 Å². The minimum atomic E-state index is 0.278. The Morgan fingerprint density at radius 2 is 2.06 bits per heavy atom. The molecule has 0 radical (unpaired) electrons. The van der Waals surface area contributed by atoms with Gasteiger partial charge in [0.1, 0.15) is 0 Å². The predicted octanol–water partition coefficient (Wildman–Crippen LogP) is 1.95. The zero-order valence-corrected chi connectivity index (χ0v) is 9.82. The van der Waals surface area contributed by atoms with E-state index in [0.717, 1.165) is 19.4 Å². The summed E-state index contributed by atoms with van der Waals surface area (Å²) in [5.41, 5.74) is 0. The lowest BCUT2D eigenvalue weighted by Gasteiger charge is -2.18. The van der Waals surface area contributed by atoms with Gasteiger partial charge in [-0.2, -0.15) is 0 Å². The van der Waals surface area contributed by atoms with Crippen LogP contribution in [0, 0.1) is 11.8 Å². The van der Waals surface area contributed by atoms with E-state index in [1.54, 1.807) is 12.4 Å². The van der Waals surface area contributed by atoms with E-state index in [4.69, 9.17) is 11.6 Å². The lowest BCUT2D eigenvalue weighted by molar-refractivity contribution is 0.199. The van der Waals surface area contributed by atoms with E-state index >= 15 is 0 Å². The smallest absolute Gasteiger partial charge is 0.171 e. The second-order valence-electron chi connectivity index (χ2n) is 4.21. The summed E-state index contributed by atoms with van der Waals surface area (Å²) >= 11 is 5.89. The van der Waals surface area contributed by atoms with Crippen molar-refractivity contribution in [3.05, 3.63) is 17.5 Å². The molecule has 88 valence electrons. The number of aliphatic hydroxyl groups excluding tert-OH is 1. The first kappa shape index (κ1) is 11.6. The van der Waals surface area contributed by atoms with Crippen molar-refractivity contribution in [1.29, 1.82) is 0 Å². The zero-order valence-electron chi connectivity index (χ0n) is 9.06. The molecule has 5 heteroatoms. The van der Waals surface area contributed by atoms with Crippen LogP contribution < -0.4 is 5.32 Å². The molecule has 1 aliphatic rings. The van der Waals surface area contributed by atoms with Gasteiger partial charge < -0.3 is 10.4 Å². The molecule has 0 bridgehead atoms. The molecular formula is C11H16ClN3O. The van der Waals surface area contributed by atoms with E-state index < -0.39 is 0 Å². The quantitative estimate of drug-likeness (QED) is 0.846. The summed E-state index contributed by atoms with van der Waals surface area (Å²) in [5.74, 6) is 1.57. The van der Waals surface area contributed by atoms with Crippen LogP contribution in [0.25, 0.3) is 0 Å². The number of nitrogens with one attached hydrogen (secondary N) is 1. The third kappa shape index (κ3) is 2.62. The van der Waals surface area contributed by atoms with Crippen molar-refractivity contribution < 1.29 is 5.11 Å². The predicted molar refractivity (Wildman–Crippen MR) is 63.4 cm³/mol. The first-order chi connectivity index (χ1) is 7.81. The van der Waals surface area contributed by atoms with E-state index in [-0.39, 0.29) is 6.61 Å². The van der Waals surface area contributed by atoms with Crippen molar-refractivity contribution in [3.63, 3.8) is 0 Å². The van der Waals surface area contributed by atoms with Crippen molar-refractivity contribution in [3.8, 4) is 0 Å². The number of halogens is 1. The Balaban J connectivity index is 1.90. The van der Waals surface area contributed by atoms with Gasteiger partial charge in [0, 0.05) is 25.5 Å². The molecule has 2 rings (SSSR count). The monoisotopic (exact) mass is 241 g/mol. The highest BCUT2D eigenvalue weighted by atomic mass is 35.5. The summed E-state index contributed by atoms with van der Waals surface area (Å²) in [4.78, 5) is 8.08. The molecule has 1 saturated carbocycles. The van der Waals surface area contributed by atoms with Gasteiger partial charge in [-0.15, -0.1) is 0 Å². The summed E-state index contributed by atoms with van der Waals surface area (Å²) in [6.45, 7) is 1.09. The van der Waals surface area contributed by atoms with Crippen LogP contribution in [0.5, 0.6) is 0 Å². The number of aliphatic hydroxyl groups is 1. The van der Waals surface area contributed by atoms with Gasteiger partial charge in [0.25, 0.3) is 0 Å². The Morgan fingerprint density at radius 1 is 1.31 bits per heavy atom. The lowest BCUT2D eigenvalue weighted by atomic mass is 9.97. The molecule has 2 N–H and O–H groups in total. The molecule has 1 aliphatic carbocycles. The van der Waals surface area contributed by atoms with Crippen molar-refractivity contribution >= 4 is 17.4 Å². The van der Waals surface area contributed by atoms with Crippen LogP contribution in [-0.2, 0) is 0 Å². The fourth-order valence-corrected chi connectivity index (χ4v) is 2.46. The number of hydrogen-bond donors (Lipinski definition) is 2. The van der Waals surface area contributed by atoms with Gasteiger partial charge >= 0.3 is 0 Å². The highest BCUT2D eigenvalue weighted by Gasteiger charge is 2.26. The first-order valence-corrected chi connectivity index (χ1v) is 6.00. The normalized spacial score (nSPS) is 24.6. The average Bonchev–Trinajstić information content (AvgIpc) is 2.75.